The van der Waals surface area contributed by atoms with E-state index in [4.69, 9.17) is 4.74 Å². The normalized spacial score (nSPS) is 22.3. The SMILES string of the molecule is O=C1Nc2ccc([N+](=O)[O-])cc2C2(c3ccccc3)OCCN12. The van der Waals surface area contributed by atoms with Gasteiger partial charge in [0.25, 0.3) is 5.69 Å². The predicted octanol–water partition coefficient (Wildman–Crippen LogP) is 2.67. The van der Waals surface area contributed by atoms with Gasteiger partial charge in [0.15, 0.2) is 5.72 Å². The van der Waals surface area contributed by atoms with Crippen LogP contribution in [0.25, 0.3) is 0 Å². The lowest BCUT2D eigenvalue weighted by Gasteiger charge is -2.42. The number of benzene rings is 2. The van der Waals surface area contributed by atoms with Gasteiger partial charge in [0.05, 0.1) is 17.2 Å². The number of non-ortho nitro benzene ring substituents is 1. The number of amides is 2. The number of nitro groups is 1. The van der Waals surface area contributed by atoms with Gasteiger partial charge in [-0.2, -0.15) is 0 Å². The average Bonchev–Trinajstić information content (AvgIpc) is 3.02. The fourth-order valence-electron chi connectivity index (χ4n) is 3.26. The molecule has 0 radical (unpaired) electrons. The van der Waals surface area contributed by atoms with Crippen molar-refractivity contribution in [3.05, 3.63) is 69.8 Å². The van der Waals surface area contributed by atoms with Gasteiger partial charge < -0.3 is 10.1 Å². The molecular weight excluding hydrogens is 298 g/mol. The van der Waals surface area contributed by atoms with Crippen molar-refractivity contribution < 1.29 is 14.5 Å². The highest BCUT2D eigenvalue weighted by molar-refractivity contribution is 5.94. The van der Waals surface area contributed by atoms with Crippen LogP contribution in [-0.2, 0) is 10.5 Å². The fraction of sp³-hybridized carbons (Fsp3) is 0.188. The maximum Gasteiger partial charge on any atom is 0.324 e. The highest BCUT2D eigenvalue weighted by Gasteiger charge is 2.52. The number of ether oxygens (including phenoxy) is 1. The van der Waals surface area contributed by atoms with Crippen LogP contribution in [0.5, 0.6) is 0 Å². The maximum absolute atomic E-state index is 12.4. The quantitative estimate of drug-likeness (QED) is 0.682. The molecule has 23 heavy (non-hydrogen) atoms. The molecule has 1 atom stereocenters. The van der Waals surface area contributed by atoms with Gasteiger partial charge in [-0.05, 0) is 6.07 Å². The maximum atomic E-state index is 12.4. The number of nitro benzene ring substituents is 1. The minimum atomic E-state index is -1.12. The Kier molecular flexibility index (Phi) is 2.85. The van der Waals surface area contributed by atoms with Crippen molar-refractivity contribution in [1.29, 1.82) is 0 Å². The minimum Gasteiger partial charge on any atom is -0.345 e. The molecule has 2 heterocycles. The molecular formula is C16H13N3O4. The third-order valence-electron chi connectivity index (χ3n) is 4.24. The van der Waals surface area contributed by atoms with E-state index in [9.17, 15) is 14.9 Å². The van der Waals surface area contributed by atoms with Crippen molar-refractivity contribution >= 4 is 17.4 Å². The molecule has 0 spiro atoms. The molecule has 2 aromatic rings. The Morgan fingerprint density at radius 3 is 2.74 bits per heavy atom. The highest BCUT2D eigenvalue weighted by atomic mass is 16.6. The van der Waals surface area contributed by atoms with Crippen LogP contribution in [0.4, 0.5) is 16.2 Å². The average molecular weight is 311 g/mol. The second kappa shape index (κ2) is 4.79. The molecule has 1 fully saturated rings. The van der Waals surface area contributed by atoms with Gasteiger partial charge in [0.2, 0.25) is 0 Å². The molecule has 7 nitrogen and oxygen atoms in total. The molecule has 4 rings (SSSR count). The van der Waals surface area contributed by atoms with Crippen LogP contribution in [0.3, 0.4) is 0 Å². The number of hydrogen-bond acceptors (Lipinski definition) is 4. The molecule has 2 aliphatic heterocycles. The number of urea groups is 1. The van der Waals surface area contributed by atoms with Gasteiger partial charge >= 0.3 is 6.03 Å². The fourth-order valence-corrected chi connectivity index (χ4v) is 3.26. The van der Waals surface area contributed by atoms with Crippen LogP contribution in [-0.4, -0.2) is 29.0 Å². The molecule has 0 aromatic heterocycles. The number of carbonyl (C=O) groups is 1. The second-order valence-corrected chi connectivity index (χ2v) is 5.43. The van der Waals surface area contributed by atoms with Crippen LogP contribution in [0, 0.1) is 10.1 Å². The van der Waals surface area contributed by atoms with Crippen molar-refractivity contribution in [3.63, 3.8) is 0 Å². The molecule has 1 unspecified atom stereocenters. The van der Waals surface area contributed by atoms with E-state index in [1.54, 1.807) is 11.0 Å². The van der Waals surface area contributed by atoms with E-state index in [0.717, 1.165) is 5.56 Å². The zero-order valence-corrected chi connectivity index (χ0v) is 12.1. The summed E-state index contributed by atoms with van der Waals surface area (Å²) in [5.74, 6) is 0. The summed E-state index contributed by atoms with van der Waals surface area (Å²) in [7, 11) is 0. The van der Waals surface area contributed by atoms with Crippen LogP contribution in [0.2, 0.25) is 0 Å². The summed E-state index contributed by atoms with van der Waals surface area (Å²) in [4.78, 5) is 24.7. The Morgan fingerprint density at radius 2 is 2.00 bits per heavy atom. The van der Waals surface area contributed by atoms with E-state index in [-0.39, 0.29) is 11.7 Å². The van der Waals surface area contributed by atoms with E-state index < -0.39 is 10.6 Å². The van der Waals surface area contributed by atoms with Crippen LogP contribution in [0.1, 0.15) is 11.1 Å². The lowest BCUT2D eigenvalue weighted by atomic mass is 9.90. The molecule has 2 aromatic carbocycles. The number of nitrogens with one attached hydrogen (secondary N) is 1. The van der Waals surface area contributed by atoms with E-state index >= 15 is 0 Å². The summed E-state index contributed by atoms with van der Waals surface area (Å²) in [6.07, 6.45) is 0. The van der Waals surface area contributed by atoms with Crippen LogP contribution in [0.15, 0.2) is 48.5 Å². The molecule has 2 amide bonds. The molecule has 7 heteroatoms. The monoisotopic (exact) mass is 311 g/mol. The minimum absolute atomic E-state index is 0.0364. The van der Waals surface area contributed by atoms with Crippen molar-refractivity contribution in [2.75, 3.05) is 18.5 Å². The van der Waals surface area contributed by atoms with Gasteiger partial charge in [-0.15, -0.1) is 0 Å². The molecule has 0 aliphatic carbocycles. The summed E-state index contributed by atoms with van der Waals surface area (Å²) in [5.41, 5.74) is 0.725. The lowest BCUT2D eigenvalue weighted by Crippen LogP contribution is -2.52. The number of hydrogen-bond donors (Lipinski definition) is 1. The molecule has 1 saturated heterocycles. The van der Waals surface area contributed by atoms with Gasteiger partial charge in [-0.1, -0.05) is 30.3 Å². The summed E-state index contributed by atoms with van der Waals surface area (Å²) in [6.45, 7) is 0.785. The summed E-state index contributed by atoms with van der Waals surface area (Å²) in [6, 6.07) is 13.4. The Balaban J connectivity index is 2.01. The summed E-state index contributed by atoms with van der Waals surface area (Å²) < 4.78 is 6.00. The number of fused-ring (bicyclic) bond motifs is 3. The molecule has 0 saturated carbocycles. The van der Waals surface area contributed by atoms with Crippen molar-refractivity contribution in [2.45, 2.75) is 5.72 Å². The first-order valence-electron chi connectivity index (χ1n) is 7.20. The third-order valence-corrected chi connectivity index (χ3v) is 4.24. The largest absolute Gasteiger partial charge is 0.345 e. The zero-order valence-electron chi connectivity index (χ0n) is 12.1. The number of nitrogens with zero attached hydrogens (tertiary/aromatic N) is 2. The van der Waals surface area contributed by atoms with E-state index in [0.29, 0.717) is 24.4 Å². The second-order valence-electron chi connectivity index (χ2n) is 5.43. The molecule has 2 aliphatic rings. The molecule has 116 valence electrons. The predicted molar refractivity (Wildman–Crippen MR) is 82.0 cm³/mol. The van der Waals surface area contributed by atoms with Crippen LogP contribution < -0.4 is 5.32 Å². The van der Waals surface area contributed by atoms with Gasteiger partial charge in [0.1, 0.15) is 0 Å². The van der Waals surface area contributed by atoms with Gasteiger partial charge in [-0.25, -0.2) is 4.79 Å². The Labute approximate surface area is 131 Å². The van der Waals surface area contributed by atoms with Gasteiger partial charge in [0, 0.05) is 29.8 Å². The number of rotatable bonds is 2. The smallest absolute Gasteiger partial charge is 0.324 e. The lowest BCUT2D eigenvalue weighted by molar-refractivity contribution is -0.385. The van der Waals surface area contributed by atoms with E-state index in [1.165, 1.54) is 12.1 Å². The Morgan fingerprint density at radius 1 is 1.22 bits per heavy atom. The summed E-state index contributed by atoms with van der Waals surface area (Å²) in [5, 5.41) is 13.9. The Bertz CT molecular complexity index is 808. The first-order chi connectivity index (χ1) is 11.1. The van der Waals surface area contributed by atoms with E-state index in [1.807, 2.05) is 30.3 Å². The number of anilines is 1. The summed E-state index contributed by atoms with van der Waals surface area (Å²) >= 11 is 0. The molecule has 0 bridgehead atoms. The first-order valence-corrected chi connectivity index (χ1v) is 7.20. The standard InChI is InChI=1S/C16H13N3O4/c20-15-17-14-7-6-12(19(21)22)10-13(14)16(18(15)8-9-23-16)11-4-2-1-3-5-11/h1-7,10H,8-9H2,(H,17,20). The van der Waals surface area contributed by atoms with E-state index in [2.05, 4.69) is 5.32 Å². The van der Waals surface area contributed by atoms with Crippen LogP contribution >= 0.6 is 0 Å². The van der Waals surface area contributed by atoms with Crippen molar-refractivity contribution in [1.82, 2.24) is 4.90 Å². The third kappa shape index (κ3) is 1.83. The topological polar surface area (TPSA) is 84.7 Å². The highest BCUT2D eigenvalue weighted by Crippen LogP contribution is 2.47. The molecule has 1 N–H and O–H groups in total. The zero-order chi connectivity index (χ0) is 16.0. The first kappa shape index (κ1) is 13.7. The van der Waals surface area contributed by atoms with Crippen molar-refractivity contribution in [3.8, 4) is 0 Å². The van der Waals surface area contributed by atoms with Gasteiger partial charge in [-0.3, -0.25) is 15.0 Å². The Hall–Kier alpha value is -2.93. The number of carbonyl (C=O) groups excluding carboxylic acids is 1. The van der Waals surface area contributed by atoms with Crippen molar-refractivity contribution in [2.24, 2.45) is 0 Å².